The molecule has 6 heteroatoms. The molecule has 0 bridgehead atoms. The van der Waals surface area contributed by atoms with Gasteiger partial charge in [0.05, 0.1) is 18.5 Å². The molecule has 1 amide bonds. The van der Waals surface area contributed by atoms with E-state index in [4.69, 9.17) is 0 Å². The summed E-state index contributed by atoms with van der Waals surface area (Å²) in [6, 6.07) is 14.4. The van der Waals surface area contributed by atoms with Crippen LogP contribution in [0.25, 0.3) is 0 Å². The molecule has 26 heavy (non-hydrogen) atoms. The highest BCUT2D eigenvalue weighted by atomic mass is 32.2. The third-order valence-electron chi connectivity index (χ3n) is 3.94. The summed E-state index contributed by atoms with van der Waals surface area (Å²) >= 11 is 0. The predicted molar refractivity (Wildman–Crippen MR) is 106 cm³/mol. The van der Waals surface area contributed by atoms with Crippen molar-refractivity contribution in [3.05, 3.63) is 65.2 Å². The SMILES string of the molecule is Cc1ccc(CN(c2ccc(C(=O)NCC(C)C)cc2)S(C)(=O)=O)cc1. The molecule has 0 radical (unpaired) electrons. The lowest BCUT2D eigenvalue weighted by atomic mass is 10.1. The lowest BCUT2D eigenvalue weighted by Crippen LogP contribution is -2.30. The van der Waals surface area contributed by atoms with Gasteiger partial charge in [-0.15, -0.1) is 0 Å². The number of nitrogens with zero attached hydrogens (tertiary/aromatic N) is 1. The lowest BCUT2D eigenvalue weighted by Gasteiger charge is -2.23. The van der Waals surface area contributed by atoms with Crippen molar-refractivity contribution in [3.63, 3.8) is 0 Å². The maximum Gasteiger partial charge on any atom is 0.251 e. The average Bonchev–Trinajstić information content (AvgIpc) is 2.58. The first-order valence-corrected chi connectivity index (χ1v) is 10.4. The third kappa shape index (κ3) is 5.59. The molecule has 5 nitrogen and oxygen atoms in total. The molecule has 2 rings (SSSR count). The minimum absolute atomic E-state index is 0.158. The van der Waals surface area contributed by atoms with Crippen LogP contribution in [0, 0.1) is 12.8 Å². The zero-order chi connectivity index (χ0) is 19.3. The van der Waals surface area contributed by atoms with Crippen LogP contribution in [0.1, 0.15) is 35.3 Å². The van der Waals surface area contributed by atoms with E-state index in [9.17, 15) is 13.2 Å². The first kappa shape index (κ1) is 20.0. The van der Waals surface area contributed by atoms with E-state index in [1.807, 2.05) is 45.0 Å². The van der Waals surface area contributed by atoms with Crippen LogP contribution in [0.4, 0.5) is 5.69 Å². The highest BCUT2D eigenvalue weighted by Crippen LogP contribution is 2.21. The summed E-state index contributed by atoms with van der Waals surface area (Å²) in [6.07, 6.45) is 1.18. The van der Waals surface area contributed by atoms with Gasteiger partial charge < -0.3 is 5.32 Å². The van der Waals surface area contributed by atoms with E-state index in [2.05, 4.69) is 5.32 Å². The predicted octanol–water partition coefficient (Wildman–Crippen LogP) is 3.35. The van der Waals surface area contributed by atoms with Crippen molar-refractivity contribution in [2.75, 3.05) is 17.1 Å². The molecule has 0 heterocycles. The summed E-state index contributed by atoms with van der Waals surface area (Å²) in [5.41, 5.74) is 3.07. The second-order valence-electron chi connectivity index (χ2n) is 6.91. The maximum absolute atomic E-state index is 12.2. The first-order valence-electron chi connectivity index (χ1n) is 8.58. The summed E-state index contributed by atoms with van der Waals surface area (Å²) in [4.78, 5) is 12.1. The summed E-state index contributed by atoms with van der Waals surface area (Å²) < 4.78 is 25.8. The van der Waals surface area contributed by atoms with Gasteiger partial charge in [-0.05, 0) is 42.7 Å². The van der Waals surface area contributed by atoms with Crippen molar-refractivity contribution in [3.8, 4) is 0 Å². The van der Waals surface area contributed by atoms with Crippen LogP contribution < -0.4 is 9.62 Å². The van der Waals surface area contributed by atoms with Crippen LogP contribution in [-0.4, -0.2) is 27.1 Å². The van der Waals surface area contributed by atoms with E-state index in [-0.39, 0.29) is 12.5 Å². The van der Waals surface area contributed by atoms with E-state index in [0.29, 0.717) is 23.7 Å². The molecule has 0 unspecified atom stereocenters. The van der Waals surface area contributed by atoms with E-state index < -0.39 is 10.0 Å². The average molecular weight is 375 g/mol. The molecule has 0 aliphatic rings. The minimum Gasteiger partial charge on any atom is -0.352 e. The molecule has 0 aliphatic carbocycles. The van der Waals surface area contributed by atoms with Gasteiger partial charge in [0.15, 0.2) is 0 Å². The molecule has 0 saturated heterocycles. The Kier molecular flexibility index (Phi) is 6.42. The van der Waals surface area contributed by atoms with Crippen molar-refractivity contribution in [1.82, 2.24) is 5.32 Å². The Morgan fingerprint density at radius 2 is 1.62 bits per heavy atom. The summed E-state index contributed by atoms with van der Waals surface area (Å²) in [5.74, 6) is 0.211. The zero-order valence-corrected chi connectivity index (χ0v) is 16.5. The van der Waals surface area contributed by atoms with E-state index in [0.717, 1.165) is 11.1 Å². The Labute approximate surface area is 156 Å². The molecule has 0 aliphatic heterocycles. The third-order valence-corrected chi connectivity index (χ3v) is 5.08. The Bertz CT molecular complexity index is 842. The smallest absolute Gasteiger partial charge is 0.251 e. The van der Waals surface area contributed by atoms with Crippen molar-refractivity contribution >= 4 is 21.6 Å². The number of carbonyl (C=O) groups is 1. The number of sulfonamides is 1. The van der Waals surface area contributed by atoms with Crippen LogP contribution in [0.15, 0.2) is 48.5 Å². The van der Waals surface area contributed by atoms with Gasteiger partial charge in [-0.2, -0.15) is 0 Å². The topological polar surface area (TPSA) is 66.5 Å². The number of hydrogen-bond donors (Lipinski definition) is 1. The molecule has 0 atom stereocenters. The van der Waals surface area contributed by atoms with Crippen molar-refractivity contribution < 1.29 is 13.2 Å². The normalized spacial score (nSPS) is 11.4. The Morgan fingerprint density at radius 3 is 2.12 bits per heavy atom. The quantitative estimate of drug-likeness (QED) is 0.808. The summed E-state index contributed by atoms with van der Waals surface area (Å²) in [7, 11) is -3.45. The summed E-state index contributed by atoms with van der Waals surface area (Å²) in [6.45, 7) is 6.89. The fraction of sp³-hybridized carbons (Fsp3) is 0.350. The number of carbonyl (C=O) groups excluding carboxylic acids is 1. The minimum atomic E-state index is -3.45. The number of hydrogen-bond acceptors (Lipinski definition) is 3. The highest BCUT2D eigenvalue weighted by molar-refractivity contribution is 7.92. The molecule has 140 valence electrons. The molecule has 0 fully saturated rings. The van der Waals surface area contributed by atoms with Crippen molar-refractivity contribution in [2.45, 2.75) is 27.3 Å². The molecule has 2 aromatic rings. The van der Waals surface area contributed by atoms with Crippen LogP contribution in [0.2, 0.25) is 0 Å². The van der Waals surface area contributed by atoms with Gasteiger partial charge in [-0.1, -0.05) is 43.7 Å². The molecule has 0 spiro atoms. The molecular weight excluding hydrogens is 348 g/mol. The van der Waals surface area contributed by atoms with Crippen LogP contribution in [0.3, 0.4) is 0 Å². The number of aryl methyl sites for hydroxylation is 1. The Balaban J connectivity index is 2.21. The van der Waals surface area contributed by atoms with Gasteiger partial charge in [0.1, 0.15) is 0 Å². The maximum atomic E-state index is 12.2. The van der Waals surface area contributed by atoms with Crippen LogP contribution in [-0.2, 0) is 16.6 Å². The highest BCUT2D eigenvalue weighted by Gasteiger charge is 2.18. The monoisotopic (exact) mass is 374 g/mol. The Hall–Kier alpha value is -2.34. The first-order chi connectivity index (χ1) is 12.2. The number of amides is 1. The van der Waals surface area contributed by atoms with Gasteiger partial charge in [0.25, 0.3) is 5.91 Å². The molecule has 0 aromatic heterocycles. The molecule has 1 N–H and O–H groups in total. The largest absolute Gasteiger partial charge is 0.352 e. The lowest BCUT2D eigenvalue weighted by molar-refractivity contribution is 0.0949. The number of anilines is 1. The van der Waals surface area contributed by atoms with Gasteiger partial charge >= 0.3 is 0 Å². The van der Waals surface area contributed by atoms with Gasteiger partial charge in [0.2, 0.25) is 10.0 Å². The van der Waals surface area contributed by atoms with E-state index in [1.54, 1.807) is 24.3 Å². The van der Waals surface area contributed by atoms with E-state index >= 15 is 0 Å². The fourth-order valence-corrected chi connectivity index (χ4v) is 3.33. The van der Waals surface area contributed by atoms with Gasteiger partial charge in [-0.3, -0.25) is 9.10 Å². The van der Waals surface area contributed by atoms with E-state index in [1.165, 1.54) is 10.6 Å². The number of benzene rings is 2. The fourth-order valence-electron chi connectivity index (χ4n) is 2.44. The zero-order valence-electron chi connectivity index (χ0n) is 15.7. The van der Waals surface area contributed by atoms with Gasteiger partial charge in [-0.25, -0.2) is 8.42 Å². The number of rotatable bonds is 7. The van der Waals surface area contributed by atoms with Gasteiger partial charge in [0, 0.05) is 12.1 Å². The molecular formula is C20H26N2O3S. The molecule has 0 saturated carbocycles. The second kappa shape index (κ2) is 8.36. The standard InChI is InChI=1S/C20H26N2O3S/c1-15(2)13-21-20(23)18-9-11-19(12-10-18)22(26(4,24)25)14-17-7-5-16(3)6-8-17/h5-12,15H,13-14H2,1-4H3,(H,21,23). The van der Waals surface area contributed by atoms with Crippen LogP contribution in [0.5, 0.6) is 0 Å². The number of nitrogens with one attached hydrogen (secondary N) is 1. The summed E-state index contributed by atoms with van der Waals surface area (Å²) in [5, 5.41) is 2.85. The second-order valence-corrected chi connectivity index (χ2v) is 8.81. The molecule has 2 aromatic carbocycles. The van der Waals surface area contributed by atoms with Crippen LogP contribution >= 0.6 is 0 Å². The van der Waals surface area contributed by atoms with Crippen molar-refractivity contribution in [2.24, 2.45) is 5.92 Å². The Morgan fingerprint density at radius 1 is 1.04 bits per heavy atom. The van der Waals surface area contributed by atoms with Crippen molar-refractivity contribution in [1.29, 1.82) is 0 Å².